The standard InChI is InChI=1S/C14H25BN3O9P/c1-4-24-11(19)6-18-5-9(16-17-18)7-25-13-12(27-28(20,21)23-3)10(8-22-2)26-14(13)15/h5,10,12-14H,4,6-8,15H2,1-3H3,(H,20,21)/t10-,12+,13?,14-/m1/s1. The maximum Gasteiger partial charge on any atom is 0.472 e. The third-order valence-corrected chi connectivity index (χ3v) is 4.94. The molecule has 1 aromatic heterocycles. The summed E-state index contributed by atoms with van der Waals surface area (Å²) in [4.78, 5) is 21.2. The third kappa shape index (κ3) is 6.34. The van der Waals surface area contributed by atoms with Crippen molar-refractivity contribution >= 4 is 21.6 Å². The van der Waals surface area contributed by atoms with Crippen LogP contribution in [0.4, 0.5) is 0 Å². The molecule has 5 atom stereocenters. The normalized spacial score (nSPS) is 26.9. The monoisotopic (exact) mass is 421 g/mol. The van der Waals surface area contributed by atoms with E-state index in [0.717, 1.165) is 7.11 Å². The Morgan fingerprint density at radius 3 is 2.82 bits per heavy atom. The summed E-state index contributed by atoms with van der Waals surface area (Å²) in [6.45, 7) is 2.11. The van der Waals surface area contributed by atoms with Gasteiger partial charge in [-0.2, -0.15) is 0 Å². The minimum Gasteiger partial charge on any atom is -0.465 e. The number of esters is 1. The van der Waals surface area contributed by atoms with Crippen LogP contribution in [0, 0.1) is 0 Å². The first-order valence-electron chi connectivity index (χ1n) is 8.67. The van der Waals surface area contributed by atoms with E-state index in [-0.39, 0.29) is 26.4 Å². The molecular weight excluding hydrogens is 396 g/mol. The molecule has 28 heavy (non-hydrogen) atoms. The predicted octanol–water partition coefficient (Wildman–Crippen LogP) is -1.14. The number of rotatable bonds is 11. The fourth-order valence-corrected chi connectivity index (χ4v) is 3.41. The summed E-state index contributed by atoms with van der Waals surface area (Å²) < 4.78 is 44.4. The van der Waals surface area contributed by atoms with Crippen LogP contribution >= 0.6 is 7.82 Å². The zero-order chi connectivity index (χ0) is 20.7. The average molecular weight is 421 g/mol. The van der Waals surface area contributed by atoms with Gasteiger partial charge in [0, 0.05) is 14.2 Å². The topological polar surface area (TPSA) is 140 Å². The van der Waals surface area contributed by atoms with E-state index in [4.69, 9.17) is 23.5 Å². The molecule has 12 nitrogen and oxygen atoms in total. The number of carbonyl (C=O) groups excluding carboxylic acids is 1. The molecule has 1 saturated heterocycles. The molecule has 1 aromatic rings. The van der Waals surface area contributed by atoms with Crippen molar-refractivity contribution in [2.24, 2.45) is 0 Å². The summed E-state index contributed by atoms with van der Waals surface area (Å²) in [5.41, 5.74) is 0.462. The van der Waals surface area contributed by atoms with Crippen molar-refractivity contribution in [3.63, 3.8) is 0 Å². The molecule has 0 bridgehead atoms. The maximum absolute atomic E-state index is 11.9. The fraction of sp³-hybridized carbons (Fsp3) is 0.786. The first-order valence-corrected chi connectivity index (χ1v) is 10.2. The molecule has 1 aliphatic heterocycles. The second kappa shape index (κ2) is 10.4. The highest BCUT2D eigenvalue weighted by molar-refractivity contribution is 7.47. The van der Waals surface area contributed by atoms with E-state index >= 15 is 0 Å². The molecule has 1 N–H and O–H groups in total. The van der Waals surface area contributed by atoms with Crippen molar-refractivity contribution in [2.75, 3.05) is 27.4 Å². The Kier molecular flexibility index (Phi) is 8.56. The van der Waals surface area contributed by atoms with Crippen LogP contribution < -0.4 is 0 Å². The van der Waals surface area contributed by atoms with Crippen LogP contribution in [0.1, 0.15) is 12.6 Å². The van der Waals surface area contributed by atoms with Crippen LogP contribution in [0.5, 0.6) is 0 Å². The molecule has 2 heterocycles. The number of methoxy groups -OCH3 is 1. The highest BCUT2D eigenvalue weighted by Gasteiger charge is 2.47. The van der Waals surface area contributed by atoms with Gasteiger partial charge in [-0.1, -0.05) is 5.21 Å². The van der Waals surface area contributed by atoms with Crippen molar-refractivity contribution in [1.82, 2.24) is 15.0 Å². The molecular formula is C14H25BN3O9P. The van der Waals surface area contributed by atoms with Crippen molar-refractivity contribution in [3.8, 4) is 0 Å². The number of carbonyl (C=O) groups is 1. The Morgan fingerprint density at radius 1 is 1.43 bits per heavy atom. The van der Waals surface area contributed by atoms with Gasteiger partial charge in [-0.05, 0) is 6.92 Å². The highest BCUT2D eigenvalue weighted by atomic mass is 31.2. The number of phosphoric acid groups is 1. The SMILES string of the molecule is B[C@@H]1O[C@H](COC)[C@H](OP(=O)(O)OC)C1OCc1cn(CC(=O)OCC)nn1. The van der Waals surface area contributed by atoms with Gasteiger partial charge in [-0.25, -0.2) is 9.25 Å². The van der Waals surface area contributed by atoms with Crippen LogP contribution in [0.15, 0.2) is 6.20 Å². The Hall–Kier alpha value is -1.34. The van der Waals surface area contributed by atoms with Crippen molar-refractivity contribution < 1.29 is 42.2 Å². The Balaban J connectivity index is 2.01. The van der Waals surface area contributed by atoms with Crippen LogP contribution in [0.25, 0.3) is 0 Å². The van der Waals surface area contributed by atoms with Gasteiger partial charge in [0.1, 0.15) is 38.4 Å². The minimum absolute atomic E-state index is 0.0312. The number of aromatic nitrogens is 3. The lowest BCUT2D eigenvalue weighted by molar-refractivity contribution is -0.144. The average Bonchev–Trinajstić information content (AvgIpc) is 3.18. The largest absolute Gasteiger partial charge is 0.472 e. The van der Waals surface area contributed by atoms with E-state index in [9.17, 15) is 14.3 Å². The van der Waals surface area contributed by atoms with E-state index in [2.05, 4.69) is 14.8 Å². The molecule has 0 amide bonds. The lowest BCUT2D eigenvalue weighted by Crippen LogP contribution is -2.38. The number of hydrogen-bond acceptors (Lipinski definition) is 10. The van der Waals surface area contributed by atoms with Gasteiger partial charge in [0.25, 0.3) is 0 Å². The Morgan fingerprint density at radius 2 is 2.18 bits per heavy atom. The number of hydrogen-bond donors (Lipinski definition) is 1. The van der Waals surface area contributed by atoms with E-state index < -0.39 is 38.1 Å². The predicted molar refractivity (Wildman–Crippen MR) is 96.0 cm³/mol. The van der Waals surface area contributed by atoms with Crippen LogP contribution in [-0.2, 0) is 50.5 Å². The maximum atomic E-state index is 11.9. The van der Waals surface area contributed by atoms with Crippen molar-refractivity contribution in [3.05, 3.63) is 11.9 Å². The molecule has 2 rings (SSSR count). The summed E-state index contributed by atoms with van der Waals surface area (Å²) in [7, 11) is 0.0473. The van der Waals surface area contributed by atoms with Crippen molar-refractivity contribution in [1.29, 1.82) is 0 Å². The molecule has 1 aliphatic rings. The zero-order valence-electron chi connectivity index (χ0n) is 16.2. The first-order chi connectivity index (χ1) is 13.3. The lowest BCUT2D eigenvalue weighted by Gasteiger charge is -2.24. The van der Waals surface area contributed by atoms with E-state index in [1.807, 2.05) is 0 Å². The molecule has 2 unspecified atom stereocenters. The molecule has 0 saturated carbocycles. The quantitative estimate of drug-likeness (QED) is 0.263. The first kappa shape index (κ1) is 22.9. The second-order valence-electron chi connectivity index (χ2n) is 6.04. The van der Waals surface area contributed by atoms with E-state index in [1.54, 1.807) is 21.0 Å². The van der Waals surface area contributed by atoms with Gasteiger partial charge in [0.2, 0.25) is 0 Å². The smallest absolute Gasteiger partial charge is 0.465 e. The Labute approximate surface area is 163 Å². The van der Waals surface area contributed by atoms with Gasteiger partial charge in [-0.3, -0.25) is 13.8 Å². The number of nitrogens with zero attached hydrogens (tertiary/aromatic N) is 3. The summed E-state index contributed by atoms with van der Waals surface area (Å²) in [6.07, 6.45) is -0.627. The second-order valence-corrected chi connectivity index (χ2v) is 7.56. The molecule has 1 fully saturated rings. The zero-order valence-corrected chi connectivity index (χ0v) is 17.1. The number of phosphoric ester groups is 1. The molecule has 0 radical (unpaired) electrons. The van der Waals surface area contributed by atoms with E-state index in [1.165, 1.54) is 11.8 Å². The lowest BCUT2D eigenvalue weighted by atomic mass is 9.93. The summed E-state index contributed by atoms with van der Waals surface area (Å²) >= 11 is 0. The van der Waals surface area contributed by atoms with Gasteiger partial charge in [0.15, 0.2) is 0 Å². The van der Waals surface area contributed by atoms with Gasteiger partial charge in [0.05, 0.1) is 32.0 Å². The van der Waals surface area contributed by atoms with Gasteiger partial charge in [-0.15, -0.1) is 5.10 Å². The van der Waals surface area contributed by atoms with Crippen LogP contribution in [0.3, 0.4) is 0 Å². The molecule has 0 aromatic carbocycles. The fourth-order valence-electron chi connectivity index (χ4n) is 2.77. The third-order valence-electron chi connectivity index (χ3n) is 3.97. The Bertz CT molecular complexity index is 691. The highest BCUT2D eigenvalue weighted by Crippen LogP contribution is 2.46. The van der Waals surface area contributed by atoms with Crippen LogP contribution in [0.2, 0.25) is 0 Å². The molecule has 0 aliphatic carbocycles. The summed E-state index contributed by atoms with van der Waals surface area (Å²) in [5.74, 6) is -0.424. The van der Waals surface area contributed by atoms with Gasteiger partial charge < -0.3 is 23.8 Å². The molecule has 14 heteroatoms. The summed E-state index contributed by atoms with van der Waals surface area (Å²) in [5, 5.41) is 7.77. The molecule has 0 spiro atoms. The molecule has 158 valence electrons. The van der Waals surface area contributed by atoms with Crippen LogP contribution in [-0.4, -0.2) is 85.5 Å². The van der Waals surface area contributed by atoms with Crippen molar-refractivity contribution in [2.45, 2.75) is 44.4 Å². The van der Waals surface area contributed by atoms with Gasteiger partial charge >= 0.3 is 13.8 Å². The minimum atomic E-state index is -4.26. The van der Waals surface area contributed by atoms with E-state index in [0.29, 0.717) is 5.69 Å². The number of ether oxygens (including phenoxy) is 4. The summed E-state index contributed by atoms with van der Waals surface area (Å²) in [6, 6.07) is -0.434.